The lowest BCUT2D eigenvalue weighted by Gasteiger charge is -1.95. The second-order valence-electron chi connectivity index (χ2n) is 5.33. The van der Waals surface area contributed by atoms with Crippen molar-refractivity contribution in [2.45, 2.75) is 4.90 Å². The fourth-order valence-corrected chi connectivity index (χ4v) is 3.85. The maximum atomic E-state index is 12.6. The molecule has 0 aliphatic heterocycles. The fourth-order valence-electron chi connectivity index (χ4n) is 2.41. The molecule has 0 N–H and O–H groups in total. The molecule has 4 rings (SSSR count). The van der Waals surface area contributed by atoms with E-state index in [9.17, 15) is 4.79 Å². The lowest BCUT2D eigenvalue weighted by atomic mass is 10.2. The highest BCUT2D eigenvalue weighted by atomic mass is 35.5. The monoisotopic (exact) mass is 385 g/mol. The molecule has 0 aliphatic rings. The number of benzene rings is 2. The molecule has 0 unspecified atom stereocenters. The molecule has 0 atom stereocenters. The minimum atomic E-state index is -0.151. The Balaban J connectivity index is 1.76. The molecule has 0 spiro atoms. The number of nitrogens with zero attached hydrogens (tertiary/aromatic N) is 3. The maximum Gasteiger partial charge on any atom is 0.291 e. The maximum absolute atomic E-state index is 12.6. The molecule has 2 heterocycles. The number of hydrogen-bond acceptors (Lipinski definition) is 5. The molecule has 0 fully saturated rings. The minimum absolute atomic E-state index is 0.151. The van der Waals surface area contributed by atoms with Gasteiger partial charge in [-0.2, -0.15) is 9.50 Å². The van der Waals surface area contributed by atoms with Gasteiger partial charge in [0.2, 0.25) is 4.96 Å². The predicted molar refractivity (Wildman–Crippen MR) is 105 cm³/mol. The van der Waals surface area contributed by atoms with Crippen LogP contribution in [0.3, 0.4) is 0 Å². The molecule has 0 amide bonds. The van der Waals surface area contributed by atoms with Gasteiger partial charge in [-0.05, 0) is 54.3 Å². The van der Waals surface area contributed by atoms with Gasteiger partial charge in [0.15, 0.2) is 5.82 Å². The average molecular weight is 386 g/mol. The summed E-state index contributed by atoms with van der Waals surface area (Å²) in [4.78, 5) is 18.8. The third-order valence-electron chi connectivity index (χ3n) is 3.70. The lowest BCUT2D eigenvalue weighted by Crippen LogP contribution is -2.23. The van der Waals surface area contributed by atoms with Crippen LogP contribution in [0.15, 0.2) is 58.2 Å². The second-order valence-corrected chi connectivity index (χ2v) is 7.65. The normalized spacial score (nSPS) is 12.2. The van der Waals surface area contributed by atoms with E-state index in [-0.39, 0.29) is 5.56 Å². The van der Waals surface area contributed by atoms with Gasteiger partial charge in [-0.25, -0.2) is 0 Å². The molecule has 124 valence electrons. The number of thiazole rings is 1. The van der Waals surface area contributed by atoms with Gasteiger partial charge in [-0.1, -0.05) is 35.1 Å². The molecule has 0 bridgehead atoms. The van der Waals surface area contributed by atoms with Crippen molar-refractivity contribution in [2.75, 3.05) is 6.26 Å². The quantitative estimate of drug-likeness (QED) is 0.504. The van der Waals surface area contributed by atoms with E-state index in [0.717, 1.165) is 11.1 Å². The van der Waals surface area contributed by atoms with E-state index in [0.29, 0.717) is 20.3 Å². The highest BCUT2D eigenvalue weighted by Crippen LogP contribution is 2.19. The molecule has 7 heteroatoms. The van der Waals surface area contributed by atoms with E-state index >= 15 is 0 Å². The van der Waals surface area contributed by atoms with E-state index in [1.54, 1.807) is 23.9 Å². The van der Waals surface area contributed by atoms with Gasteiger partial charge in [0.05, 0.1) is 4.53 Å². The smallest absolute Gasteiger partial charge is 0.266 e. The van der Waals surface area contributed by atoms with Crippen molar-refractivity contribution in [1.29, 1.82) is 0 Å². The van der Waals surface area contributed by atoms with E-state index in [1.165, 1.54) is 20.7 Å². The molecule has 2 aromatic carbocycles. The van der Waals surface area contributed by atoms with Crippen molar-refractivity contribution in [3.05, 3.63) is 74.0 Å². The second kappa shape index (κ2) is 6.63. The molecule has 25 heavy (non-hydrogen) atoms. The van der Waals surface area contributed by atoms with E-state index in [4.69, 9.17) is 11.6 Å². The number of rotatable bonds is 3. The van der Waals surface area contributed by atoms with Crippen LogP contribution in [0.25, 0.3) is 22.4 Å². The number of thioether (sulfide) groups is 1. The van der Waals surface area contributed by atoms with Crippen LogP contribution in [0.1, 0.15) is 5.56 Å². The van der Waals surface area contributed by atoms with Gasteiger partial charge in [0.1, 0.15) is 0 Å². The minimum Gasteiger partial charge on any atom is -0.266 e. The Morgan fingerprint density at radius 3 is 2.48 bits per heavy atom. The van der Waals surface area contributed by atoms with Crippen molar-refractivity contribution >= 4 is 45.7 Å². The van der Waals surface area contributed by atoms with Crippen LogP contribution in [0.2, 0.25) is 5.02 Å². The van der Waals surface area contributed by atoms with Gasteiger partial charge >= 0.3 is 0 Å². The van der Waals surface area contributed by atoms with Crippen molar-refractivity contribution in [3.63, 3.8) is 0 Å². The van der Waals surface area contributed by atoms with Crippen LogP contribution in [-0.2, 0) is 0 Å². The van der Waals surface area contributed by atoms with E-state index in [1.807, 2.05) is 48.7 Å². The topological polar surface area (TPSA) is 47.3 Å². The summed E-state index contributed by atoms with van der Waals surface area (Å²) in [6.45, 7) is 0. The Bertz CT molecular complexity index is 1150. The molecule has 0 saturated carbocycles. The van der Waals surface area contributed by atoms with Crippen molar-refractivity contribution in [2.24, 2.45) is 0 Å². The Labute approximate surface area is 156 Å². The number of hydrogen-bond donors (Lipinski definition) is 0. The Kier molecular flexibility index (Phi) is 4.33. The summed E-state index contributed by atoms with van der Waals surface area (Å²) in [6, 6.07) is 15.3. The highest BCUT2D eigenvalue weighted by molar-refractivity contribution is 7.98. The van der Waals surface area contributed by atoms with E-state index in [2.05, 4.69) is 10.1 Å². The summed E-state index contributed by atoms with van der Waals surface area (Å²) in [6.07, 6.45) is 3.90. The van der Waals surface area contributed by atoms with Crippen LogP contribution >= 0.6 is 34.7 Å². The summed E-state index contributed by atoms with van der Waals surface area (Å²) in [5.41, 5.74) is 1.66. The Morgan fingerprint density at radius 1 is 1.12 bits per heavy atom. The molecular formula is C18H12ClN3OS2. The van der Waals surface area contributed by atoms with E-state index < -0.39 is 0 Å². The molecular weight excluding hydrogens is 374 g/mol. The zero-order chi connectivity index (χ0) is 17.4. The summed E-state index contributed by atoms with van der Waals surface area (Å²) in [5, 5.41) is 4.99. The molecule has 0 aliphatic carbocycles. The first kappa shape index (κ1) is 16.3. The van der Waals surface area contributed by atoms with Gasteiger partial charge in [-0.15, -0.1) is 16.9 Å². The van der Waals surface area contributed by atoms with Crippen molar-refractivity contribution in [1.82, 2.24) is 14.6 Å². The van der Waals surface area contributed by atoms with Crippen LogP contribution in [0.4, 0.5) is 0 Å². The van der Waals surface area contributed by atoms with Gasteiger partial charge in [0, 0.05) is 15.5 Å². The SMILES string of the molecule is CSc1ccc(/C=c2\sc3nc(-c4ccc(Cl)cc4)nn3c2=O)cc1. The largest absolute Gasteiger partial charge is 0.291 e. The summed E-state index contributed by atoms with van der Waals surface area (Å²) >= 11 is 8.92. The number of aromatic nitrogens is 3. The molecule has 0 radical (unpaired) electrons. The Hall–Kier alpha value is -2.15. The first-order valence-corrected chi connectivity index (χ1v) is 9.87. The van der Waals surface area contributed by atoms with Crippen LogP contribution in [-0.4, -0.2) is 20.9 Å². The lowest BCUT2D eigenvalue weighted by molar-refractivity contribution is 0.937. The van der Waals surface area contributed by atoms with Crippen LogP contribution in [0, 0.1) is 0 Å². The Morgan fingerprint density at radius 2 is 1.84 bits per heavy atom. The zero-order valence-electron chi connectivity index (χ0n) is 13.1. The fraction of sp³-hybridized carbons (Fsp3) is 0.0556. The number of fused-ring (bicyclic) bond motifs is 1. The highest BCUT2D eigenvalue weighted by Gasteiger charge is 2.11. The molecule has 4 aromatic rings. The summed E-state index contributed by atoms with van der Waals surface area (Å²) in [5.74, 6) is 0.524. The van der Waals surface area contributed by atoms with Gasteiger partial charge in [-0.3, -0.25) is 4.79 Å². The summed E-state index contributed by atoms with van der Waals surface area (Å²) < 4.78 is 1.98. The first-order chi connectivity index (χ1) is 12.1. The zero-order valence-corrected chi connectivity index (χ0v) is 15.5. The van der Waals surface area contributed by atoms with Gasteiger partial charge in [0.25, 0.3) is 5.56 Å². The molecule has 4 nitrogen and oxygen atoms in total. The molecule has 0 saturated heterocycles. The van der Waals surface area contributed by atoms with Gasteiger partial charge < -0.3 is 0 Å². The molecule has 2 aromatic heterocycles. The third-order valence-corrected chi connectivity index (χ3v) is 5.65. The average Bonchev–Trinajstić information content (AvgIpc) is 3.16. The predicted octanol–water partition coefficient (Wildman–Crippen LogP) is 3.74. The van der Waals surface area contributed by atoms with Crippen LogP contribution in [0.5, 0.6) is 0 Å². The van der Waals surface area contributed by atoms with Crippen LogP contribution < -0.4 is 10.1 Å². The number of halogens is 1. The summed E-state index contributed by atoms with van der Waals surface area (Å²) in [7, 11) is 0. The van der Waals surface area contributed by atoms with Crippen molar-refractivity contribution in [3.8, 4) is 11.4 Å². The standard InChI is InChI=1S/C18H12ClN3OS2/c1-24-14-8-2-11(3-9-14)10-15-17(23)22-18(25-15)20-16(21-22)12-4-6-13(19)7-5-12/h2-10H,1H3/b15-10-. The van der Waals surface area contributed by atoms with Crippen molar-refractivity contribution < 1.29 is 0 Å². The first-order valence-electron chi connectivity index (χ1n) is 7.45. The third kappa shape index (κ3) is 3.20.